The van der Waals surface area contributed by atoms with Crippen LogP contribution >= 0.6 is 0 Å². The maximum Gasteiger partial charge on any atom is 0.269 e. The Hall–Kier alpha value is -2.73. The first-order chi connectivity index (χ1) is 10.1. The molecule has 0 bridgehead atoms. The fourth-order valence-electron chi connectivity index (χ4n) is 1.73. The first kappa shape index (κ1) is 14.7. The van der Waals surface area contributed by atoms with Crippen LogP contribution < -0.4 is 4.74 Å². The lowest BCUT2D eigenvalue weighted by Crippen LogP contribution is -2.11. The van der Waals surface area contributed by atoms with E-state index in [0.717, 1.165) is 0 Å². The van der Waals surface area contributed by atoms with Crippen molar-refractivity contribution in [3.63, 3.8) is 0 Å². The van der Waals surface area contributed by atoms with Crippen molar-refractivity contribution in [1.82, 2.24) is 0 Å². The zero-order chi connectivity index (χ0) is 15.2. The van der Waals surface area contributed by atoms with Crippen LogP contribution in [0.1, 0.15) is 15.9 Å². The number of hydrogen-bond donors (Lipinski definition) is 1. The second-order valence-corrected chi connectivity index (χ2v) is 4.32. The Labute approximate surface area is 120 Å². The largest absolute Gasteiger partial charge is 0.485 e. The van der Waals surface area contributed by atoms with Crippen molar-refractivity contribution in [3.8, 4) is 5.75 Å². The van der Waals surface area contributed by atoms with Crippen molar-refractivity contribution in [2.45, 2.75) is 6.61 Å². The van der Waals surface area contributed by atoms with E-state index in [2.05, 4.69) is 0 Å². The van der Waals surface area contributed by atoms with Crippen LogP contribution in [-0.4, -0.2) is 22.4 Å². The number of benzene rings is 2. The van der Waals surface area contributed by atoms with E-state index < -0.39 is 4.92 Å². The van der Waals surface area contributed by atoms with Gasteiger partial charge in [0.25, 0.3) is 5.69 Å². The number of ketones is 1. The molecule has 108 valence electrons. The summed E-state index contributed by atoms with van der Waals surface area (Å²) in [7, 11) is 0. The molecule has 21 heavy (non-hydrogen) atoms. The van der Waals surface area contributed by atoms with E-state index in [-0.39, 0.29) is 24.7 Å². The topological polar surface area (TPSA) is 89.7 Å². The highest BCUT2D eigenvalue weighted by molar-refractivity contribution is 5.97. The molecule has 0 aliphatic carbocycles. The van der Waals surface area contributed by atoms with Crippen LogP contribution in [-0.2, 0) is 6.61 Å². The average molecular weight is 287 g/mol. The minimum absolute atomic E-state index is 0.0666. The first-order valence-corrected chi connectivity index (χ1v) is 6.20. The molecule has 0 saturated carbocycles. The Morgan fingerprint density at radius 2 is 1.90 bits per heavy atom. The monoisotopic (exact) mass is 287 g/mol. The zero-order valence-electron chi connectivity index (χ0n) is 11.1. The zero-order valence-corrected chi connectivity index (χ0v) is 11.1. The number of nitro benzene ring substituents is 1. The second kappa shape index (κ2) is 6.62. The maximum atomic E-state index is 11.9. The maximum absolute atomic E-state index is 11.9. The number of aliphatic hydroxyl groups excluding tert-OH is 1. The first-order valence-electron chi connectivity index (χ1n) is 6.20. The third kappa shape index (κ3) is 3.87. The highest BCUT2D eigenvalue weighted by Gasteiger charge is 2.10. The van der Waals surface area contributed by atoms with Crippen molar-refractivity contribution in [1.29, 1.82) is 0 Å². The van der Waals surface area contributed by atoms with Crippen LogP contribution in [0.5, 0.6) is 5.75 Å². The van der Waals surface area contributed by atoms with Crippen LogP contribution in [0.4, 0.5) is 5.69 Å². The fraction of sp³-hybridized carbons (Fsp3) is 0.133. The summed E-state index contributed by atoms with van der Waals surface area (Å²) in [4.78, 5) is 21.9. The van der Waals surface area contributed by atoms with Gasteiger partial charge in [-0.25, -0.2) is 0 Å². The van der Waals surface area contributed by atoms with Gasteiger partial charge in [-0.05, 0) is 29.8 Å². The normalized spacial score (nSPS) is 10.1. The molecular formula is C15H13NO5. The number of nitro groups is 1. The van der Waals surface area contributed by atoms with Gasteiger partial charge in [-0.3, -0.25) is 14.9 Å². The minimum Gasteiger partial charge on any atom is -0.485 e. The molecule has 2 aromatic rings. The summed E-state index contributed by atoms with van der Waals surface area (Å²) >= 11 is 0. The Bertz CT molecular complexity index is 651. The molecule has 0 aliphatic rings. The molecule has 0 aromatic heterocycles. The molecule has 0 heterocycles. The van der Waals surface area contributed by atoms with Gasteiger partial charge in [-0.15, -0.1) is 0 Å². The predicted octanol–water partition coefficient (Wildman–Crippen LogP) is 2.35. The molecule has 0 aliphatic heterocycles. The number of carbonyl (C=O) groups excluding carboxylic acids is 1. The van der Waals surface area contributed by atoms with E-state index in [1.807, 2.05) is 0 Å². The van der Waals surface area contributed by atoms with Crippen LogP contribution in [0.3, 0.4) is 0 Å². The molecule has 1 N–H and O–H groups in total. The number of aliphatic hydroxyl groups is 1. The molecule has 0 fully saturated rings. The van der Waals surface area contributed by atoms with Crippen molar-refractivity contribution in [2.75, 3.05) is 6.61 Å². The number of hydrogen-bond acceptors (Lipinski definition) is 5. The van der Waals surface area contributed by atoms with E-state index in [1.54, 1.807) is 24.3 Å². The highest BCUT2D eigenvalue weighted by atomic mass is 16.6. The van der Waals surface area contributed by atoms with Crippen molar-refractivity contribution in [3.05, 3.63) is 69.8 Å². The minimum atomic E-state index is -0.523. The van der Waals surface area contributed by atoms with Gasteiger partial charge in [0, 0.05) is 17.7 Å². The number of non-ortho nitro benzene ring substituents is 1. The number of ether oxygens (including phenoxy) is 1. The molecule has 6 nitrogen and oxygen atoms in total. The van der Waals surface area contributed by atoms with E-state index in [9.17, 15) is 14.9 Å². The van der Waals surface area contributed by atoms with Crippen LogP contribution in [0.25, 0.3) is 0 Å². The van der Waals surface area contributed by atoms with Crippen LogP contribution in [0.15, 0.2) is 48.5 Å². The quantitative estimate of drug-likeness (QED) is 0.500. The lowest BCUT2D eigenvalue weighted by molar-refractivity contribution is -0.384. The summed E-state index contributed by atoms with van der Waals surface area (Å²) < 4.78 is 5.35. The molecule has 0 spiro atoms. The van der Waals surface area contributed by atoms with Crippen LogP contribution in [0, 0.1) is 10.1 Å². The third-order valence-corrected chi connectivity index (χ3v) is 2.85. The lowest BCUT2D eigenvalue weighted by Gasteiger charge is -2.06. The van der Waals surface area contributed by atoms with Crippen molar-refractivity contribution < 1.29 is 19.6 Å². The van der Waals surface area contributed by atoms with Gasteiger partial charge in [-0.2, -0.15) is 0 Å². The van der Waals surface area contributed by atoms with E-state index >= 15 is 0 Å². The molecule has 0 radical (unpaired) electrons. The molecular weight excluding hydrogens is 274 g/mol. The van der Waals surface area contributed by atoms with Gasteiger partial charge in [0.05, 0.1) is 11.5 Å². The van der Waals surface area contributed by atoms with E-state index in [0.29, 0.717) is 16.9 Å². The number of rotatable bonds is 6. The molecule has 0 unspecified atom stereocenters. The molecule has 2 aromatic carbocycles. The molecule has 6 heteroatoms. The van der Waals surface area contributed by atoms with Crippen LogP contribution in [0.2, 0.25) is 0 Å². The molecule has 2 rings (SSSR count). The molecule has 0 amide bonds. The summed E-state index contributed by atoms with van der Waals surface area (Å²) in [6.45, 7) is -0.278. The molecule has 0 atom stereocenters. The Morgan fingerprint density at radius 1 is 1.19 bits per heavy atom. The van der Waals surface area contributed by atoms with E-state index in [1.165, 1.54) is 24.3 Å². The standard InChI is InChI=1S/C15H13NO5/c17-9-11-2-1-3-14(8-11)21-10-15(18)12-4-6-13(7-5-12)16(19)20/h1-8,17H,9-10H2. The smallest absolute Gasteiger partial charge is 0.269 e. The van der Waals surface area contributed by atoms with Gasteiger partial charge in [0.1, 0.15) is 5.75 Å². The van der Waals surface area contributed by atoms with E-state index in [4.69, 9.17) is 9.84 Å². The SMILES string of the molecule is O=C(COc1cccc(CO)c1)c1ccc([N+](=O)[O-])cc1. The lowest BCUT2D eigenvalue weighted by atomic mass is 10.1. The summed E-state index contributed by atoms with van der Waals surface area (Å²) in [5.74, 6) is 0.205. The van der Waals surface area contributed by atoms with Gasteiger partial charge in [0.2, 0.25) is 0 Å². The van der Waals surface area contributed by atoms with Gasteiger partial charge in [0.15, 0.2) is 12.4 Å². The summed E-state index contributed by atoms with van der Waals surface area (Å²) in [5, 5.41) is 19.5. The molecule has 0 saturated heterocycles. The Balaban J connectivity index is 1.99. The number of nitrogens with zero attached hydrogens (tertiary/aromatic N) is 1. The van der Waals surface area contributed by atoms with Gasteiger partial charge < -0.3 is 9.84 Å². The number of Topliss-reactive ketones (excluding diaryl/α,β-unsaturated/α-hetero) is 1. The third-order valence-electron chi connectivity index (χ3n) is 2.85. The number of carbonyl (C=O) groups is 1. The summed E-state index contributed by atoms with van der Waals surface area (Å²) in [6.07, 6.45) is 0. The Kier molecular flexibility index (Phi) is 4.63. The average Bonchev–Trinajstić information content (AvgIpc) is 2.53. The van der Waals surface area contributed by atoms with Gasteiger partial charge >= 0.3 is 0 Å². The van der Waals surface area contributed by atoms with Crippen molar-refractivity contribution in [2.24, 2.45) is 0 Å². The van der Waals surface area contributed by atoms with Gasteiger partial charge in [-0.1, -0.05) is 12.1 Å². The Morgan fingerprint density at radius 3 is 2.52 bits per heavy atom. The van der Waals surface area contributed by atoms with Crippen molar-refractivity contribution >= 4 is 11.5 Å². The summed E-state index contributed by atoms with van der Waals surface area (Å²) in [6, 6.07) is 12.1. The highest BCUT2D eigenvalue weighted by Crippen LogP contribution is 2.15. The second-order valence-electron chi connectivity index (χ2n) is 4.32. The fourth-order valence-corrected chi connectivity index (χ4v) is 1.73. The predicted molar refractivity (Wildman–Crippen MR) is 75.3 cm³/mol. The summed E-state index contributed by atoms with van der Waals surface area (Å²) in [5.41, 5.74) is 0.970.